The molecule has 1 heterocycles. The van der Waals surface area contributed by atoms with E-state index in [2.05, 4.69) is 6.58 Å². The highest BCUT2D eigenvalue weighted by Gasteiger charge is 2.49. The van der Waals surface area contributed by atoms with Gasteiger partial charge < -0.3 is 42.6 Å². The van der Waals surface area contributed by atoms with Crippen LogP contribution in [0.25, 0.3) is 0 Å². The van der Waals surface area contributed by atoms with Gasteiger partial charge in [-0.2, -0.15) is 0 Å². The highest BCUT2D eigenvalue weighted by atomic mass is 16.7. The van der Waals surface area contributed by atoms with Crippen molar-refractivity contribution in [3.8, 4) is 0 Å². The molecule has 0 saturated carbocycles. The number of methoxy groups -OCH3 is 1. The average Bonchev–Trinajstić information content (AvgIpc) is 3.38. The van der Waals surface area contributed by atoms with Gasteiger partial charge in [-0.15, -0.1) is 6.58 Å². The second-order valence-corrected chi connectivity index (χ2v) is 16.5. The molecule has 6 aromatic carbocycles. The van der Waals surface area contributed by atoms with Gasteiger partial charge in [0.1, 0.15) is 24.4 Å². The standard InChI is InChI=1S/C57H62O10/c1-3-50(62-37-45-26-14-6-15-27-45)55(64-39-47-30-18-8-19-31-47)51(41-60-35-43-22-10-4-11-23-43)66-53(58)34-49-54(63-38-46-28-16-7-17-29-46)56(65-40-48-32-20-9-21-33-48)52(67-57(49)59-2)42-61-36-44-24-12-5-13-25-44/h3-33,49-52,54-57H,1,34-42H2,2H3/t49-,50+,51+,52+,54+,55-,56+,57-/m0/s1. The van der Waals surface area contributed by atoms with E-state index in [1.807, 2.05) is 182 Å². The Hall–Kier alpha value is -5.79. The topological polar surface area (TPSA) is 100 Å². The maximum absolute atomic E-state index is 14.8. The van der Waals surface area contributed by atoms with Crippen molar-refractivity contribution in [1.29, 1.82) is 0 Å². The fourth-order valence-electron chi connectivity index (χ4n) is 8.08. The zero-order valence-electron chi connectivity index (χ0n) is 38.2. The van der Waals surface area contributed by atoms with E-state index < -0.39 is 54.8 Å². The van der Waals surface area contributed by atoms with Crippen molar-refractivity contribution in [3.05, 3.63) is 228 Å². The van der Waals surface area contributed by atoms with Crippen LogP contribution in [-0.4, -0.2) is 69.2 Å². The summed E-state index contributed by atoms with van der Waals surface area (Å²) in [5, 5.41) is 0. The van der Waals surface area contributed by atoms with E-state index in [1.165, 1.54) is 0 Å². The molecular weight excluding hydrogens is 845 g/mol. The third kappa shape index (κ3) is 15.6. The first-order valence-electron chi connectivity index (χ1n) is 22.9. The molecule has 0 spiro atoms. The maximum Gasteiger partial charge on any atom is 0.306 e. The van der Waals surface area contributed by atoms with Crippen molar-refractivity contribution in [2.75, 3.05) is 20.3 Å². The molecule has 350 valence electrons. The first-order chi connectivity index (χ1) is 33.1. The van der Waals surface area contributed by atoms with Gasteiger partial charge in [-0.05, 0) is 33.4 Å². The molecule has 0 unspecified atom stereocenters. The van der Waals surface area contributed by atoms with Gasteiger partial charge >= 0.3 is 5.97 Å². The average molecular weight is 907 g/mol. The second kappa shape index (κ2) is 27.1. The van der Waals surface area contributed by atoms with E-state index in [0.717, 1.165) is 33.4 Å². The number of hydrogen-bond acceptors (Lipinski definition) is 10. The van der Waals surface area contributed by atoms with Crippen LogP contribution in [0.4, 0.5) is 0 Å². The SMILES string of the molecule is C=C[C@@H](OCc1ccccc1)[C@H](OCc1ccccc1)[C@@H](COCc1ccccc1)OC(=O)C[C@@H]1[C@@H](OC)O[C@H](COCc2ccccc2)[C@@H](OCc2ccccc2)[C@@H]1OCc1ccccc1. The largest absolute Gasteiger partial charge is 0.457 e. The van der Waals surface area contributed by atoms with Gasteiger partial charge in [0.25, 0.3) is 0 Å². The van der Waals surface area contributed by atoms with Crippen molar-refractivity contribution in [2.45, 2.75) is 89.0 Å². The molecule has 0 amide bonds. The summed E-state index contributed by atoms with van der Waals surface area (Å²) in [5.74, 6) is -1.21. The predicted octanol–water partition coefficient (Wildman–Crippen LogP) is 10.2. The summed E-state index contributed by atoms with van der Waals surface area (Å²) in [7, 11) is 1.57. The van der Waals surface area contributed by atoms with Gasteiger partial charge in [-0.25, -0.2) is 0 Å². The van der Waals surface area contributed by atoms with E-state index >= 15 is 0 Å². The van der Waals surface area contributed by atoms with Crippen LogP contribution >= 0.6 is 0 Å². The number of rotatable bonds is 27. The van der Waals surface area contributed by atoms with E-state index in [-0.39, 0.29) is 52.7 Å². The molecule has 0 bridgehead atoms. The van der Waals surface area contributed by atoms with Gasteiger partial charge in [0.15, 0.2) is 12.4 Å². The Labute approximate surface area is 395 Å². The molecule has 1 aliphatic heterocycles. The summed E-state index contributed by atoms with van der Waals surface area (Å²) in [6.45, 7) is 6.02. The second-order valence-electron chi connectivity index (χ2n) is 16.5. The van der Waals surface area contributed by atoms with Gasteiger partial charge in [-0.3, -0.25) is 4.79 Å². The Morgan fingerprint density at radius 1 is 0.552 bits per heavy atom. The summed E-state index contributed by atoms with van der Waals surface area (Å²) in [5.41, 5.74) is 5.85. The predicted molar refractivity (Wildman–Crippen MR) is 256 cm³/mol. The molecule has 0 aliphatic carbocycles. The molecule has 10 heteroatoms. The van der Waals surface area contributed by atoms with E-state index in [9.17, 15) is 4.79 Å². The maximum atomic E-state index is 14.8. The monoisotopic (exact) mass is 906 g/mol. The van der Waals surface area contributed by atoms with Crippen molar-refractivity contribution in [3.63, 3.8) is 0 Å². The minimum Gasteiger partial charge on any atom is -0.457 e. The number of carbonyl (C=O) groups excluding carboxylic acids is 1. The summed E-state index contributed by atoms with van der Waals surface area (Å²) < 4.78 is 58.8. The van der Waals surface area contributed by atoms with E-state index in [4.69, 9.17) is 42.6 Å². The van der Waals surface area contributed by atoms with Crippen LogP contribution in [0.15, 0.2) is 195 Å². The Morgan fingerprint density at radius 3 is 1.43 bits per heavy atom. The highest BCUT2D eigenvalue weighted by molar-refractivity contribution is 5.70. The third-order valence-corrected chi connectivity index (χ3v) is 11.5. The number of benzene rings is 6. The van der Waals surface area contributed by atoms with Gasteiger partial charge in [0.05, 0.1) is 65.4 Å². The molecular formula is C57H62O10. The first-order valence-corrected chi connectivity index (χ1v) is 22.9. The van der Waals surface area contributed by atoms with Crippen molar-refractivity contribution in [2.24, 2.45) is 5.92 Å². The van der Waals surface area contributed by atoms with Crippen molar-refractivity contribution in [1.82, 2.24) is 0 Å². The van der Waals surface area contributed by atoms with Crippen LogP contribution in [0, 0.1) is 5.92 Å². The lowest BCUT2D eigenvalue weighted by Gasteiger charge is -2.45. The lowest BCUT2D eigenvalue weighted by atomic mass is 9.87. The lowest BCUT2D eigenvalue weighted by molar-refractivity contribution is -0.300. The van der Waals surface area contributed by atoms with Gasteiger partial charge in [0.2, 0.25) is 0 Å². The van der Waals surface area contributed by atoms with Gasteiger partial charge in [-0.1, -0.05) is 188 Å². The molecule has 1 fully saturated rings. The number of hydrogen-bond donors (Lipinski definition) is 0. The normalized spacial score (nSPS) is 19.5. The molecule has 10 nitrogen and oxygen atoms in total. The van der Waals surface area contributed by atoms with E-state index in [1.54, 1.807) is 13.2 Å². The zero-order valence-corrected chi connectivity index (χ0v) is 38.2. The molecule has 0 radical (unpaired) electrons. The Balaban J connectivity index is 1.17. The Morgan fingerprint density at radius 2 is 0.970 bits per heavy atom. The smallest absolute Gasteiger partial charge is 0.306 e. The van der Waals surface area contributed by atoms with Crippen molar-refractivity contribution >= 4 is 5.97 Å². The molecule has 1 saturated heterocycles. The quantitative estimate of drug-likeness (QED) is 0.0367. The zero-order chi connectivity index (χ0) is 46.3. The highest BCUT2D eigenvalue weighted by Crippen LogP contribution is 2.35. The number of ether oxygens (including phenoxy) is 9. The number of carbonyl (C=O) groups is 1. The molecule has 67 heavy (non-hydrogen) atoms. The van der Waals surface area contributed by atoms with Crippen LogP contribution in [0.1, 0.15) is 39.8 Å². The van der Waals surface area contributed by atoms with E-state index in [0.29, 0.717) is 6.61 Å². The van der Waals surface area contributed by atoms with Crippen LogP contribution < -0.4 is 0 Å². The molecule has 7 rings (SSSR count). The molecule has 8 atom stereocenters. The first kappa shape index (κ1) is 49.1. The molecule has 6 aromatic rings. The Kier molecular flexibility index (Phi) is 19.9. The summed E-state index contributed by atoms with van der Waals surface area (Å²) in [6, 6.07) is 59.3. The fraction of sp³-hybridized carbons (Fsp3) is 0.316. The summed E-state index contributed by atoms with van der Waals surface area (Å²) >= 11 is 0. The van der Waals surface area contributed by atoms with Crippen LogP contribution in [-0.2, 0) is 87.1 Å². The van der Waals surface area contributed by atoms with Crippen LogP contribution in [0.5, 0.6) is 0 Å². The minimum atomic E-state index is -0.933. The molecule has 0 aromatic heterocycles. The molecule has 1 aliphatic rings. The van der Waals surface area contributed by atoms with Crippen molar-refractivity contribution < 1.29 is 47.4 Å². The lowest BCUT2D eigenvalue weighted by Crippen LogP contribution is -2.58. The van der Waals surface area contributed by atoms with Crippen LogP contribution in [0.3, 0.4) is 0 Å². The fourth-order valence-corrected chi connectivity index (χ4v) is 8.08. The third-order valence-electron chi connectivity index (χ3n) is 11.5. The number of esters is 1. The molecule has 0 N–H and O–H groups in total. The summed E-state index contributed by atoms with van der Waals surface area (Å²) in [6.07, 6.45) is -3.78. The van der Waals surface area contributed by atoms with Gasteiger partial charge in [0, 0.05) is 13.0 Å². The Bertz CT molecular complexity index is 2270. The minimum absolute atomic E-state index is 0.00553. The summed E-state index contributed by atoms with van der Waals surface area (Å²) in [4.78, 5) is 14.8. The van der Waals surface area contributed by atoms with Crippen LogP contribution in [0.2, 0.25) is 0 Å².